The van der Waals surface area contributed by atoms with E-state index in [1.54, 1.807) is 10.9 Å². The van der Waals surface area contributed by atoms with E-state index < -0.39 is 0 Å². The highest BCUT2D eigenvalue weighted by Crippen LogP contribution is 2.27. The monoisotopic (exact) mass is 527 g/mol. The van der Waals surface area contributed by atoms with Crippen LogP contribution >= 0.6 is 35.3 Å². The molecule has 0 radical (unpaired) electrons. The average molecular weight is 527 g/mol. The Labute approximate surface area is 194 Å². The van der Waals surface area contributed by atoms with Crippen LogP contribution in [0.3, 0.4) is 0 Å². The number of benzene rings is 1. The van der Waals surface area contributed by atoms with E-state index in [1.165, 1.54) is 12.0 Å². The molecule has 6 nitrogen and oxygen atoms in total. The molecule has 1 saturated heterocycles. The summed E-state index contributed by atoms with van der Waals surface area (Å²) in [7, 11) is 1.86. The van der Waals surface area contributed by atoms with Gasteiger partial charge in [0.2, 0.25) is 0 Å². The summed E-state index contributed by atoms with van der Waals surface area (Å²) in [6.45, 7) is 7.71. The number of rotatable bonds is 4. The number of guanidine groups is 1. The molecule has 1 aromatic heterocycles. The molecule has 0 atom stereocenters. The first-order valence-corrected chi connectivity index (χ1v) is 10.9. The Balaban J connectivity index is 0.00000240. The molecule has 8 heteroatoms. The van der Waals surface area contributed by atoms with Crippen molar-refractivity contribution in [2.45, 2.75) is 13.0 Å². The van der Waals surface area contributed by atoms with Gasteiger partial charge < -0.3 is 20.2 Å². The summed E-state index contributed by atoms with van der Waals surface area (Å²) >= 11 is 1.89. The van der Waals surface area contributed by atoms with Gasteiger partial charge >= 0.3 is 0 Å². The number of para-hydroxylation sites is 2. The number of anilines is 1. The van der Waals surface area contributed by atoms with Crippen LogP contribution in [0.25, 0.3) is 0 Å². The van der Waals surface area contributed by atoms with Gasteiger partial charge in [-0.25, -0.2) is 0 Å². The first kappa shape index (κ1) is 22.2. The van der Waals surface area contributed by atoms with E-state index in [0.717, 1.165) is 64.0 Å². The highest BCUT2D eigenvalue weighted by atomic mass is 127. The minimum atomic E-state index is 0. The zero-order valence-corrected chi connectivity index (χ0v) is 20.0. The summed E-state index contributed by atoms with van der Waals surface area (Å²) in [6, 6.07) is 9.84. The van der Waals surface area contributed by atoms with Crippen molar-refractivity contribution in [3.63, 3.8) is 0 Å². The normalized spacial score (nSPS) is 17.6. The van der Waals surface area contributed by atoms with Gasteiger partial charge in [0.1, 0.15) is 5.75 Å². The highest BCUT2D eigenvalue weighted by Gasteiger charge is 2.22. The fourth-order valence-electron chi connectivity index (χ4n) is 4.05. The first-order chi connectivity index (χ1) is 13.7. The van der Waals surface area contributed by atoms with E-state index in [-0.39, 0.29) is 24.0 Å². The van der Waals surface area contributed by atoms with Crippen LogP contribution in [0.4, 0.5) is 5.69 Å². The maximum atomic E-state index is 10.1. The molecule has 0 amide bonds. The van der Waals surface area contributed by atoms with Gasteiger partial charge in [-0.3, -0.25) is 9.89 Å². The highest BCUT2D eigenvalue weighted by molar-refractivity contribution is 14.0. The number of phenols is 1. The van der Waals surface area contributed by atoms with Crippen molar-refractivity contribution in [3.05, 3.63) is 46.2 Å². The molecule has 0 bridgehead atoms. The number of phenolic OH excluding ortho intramolecular Hbond substituents is 1. The molecular formula is C21H30IN5OS. The molecule has 2 N–H and O–H groups in total. The summed E-state index contributed by atoms with van der Waals surface area (Å²) in [4.78, 5) is 13.1. The third-order valence-electron chi connectivity index (χ3n) is 5.61. The number of piperazine rings is 1. The third kappa shape index (κ3) is 5.35. The van der Waals surface area contributed by atoms with Gasteiger partial charge in [-0.05, 0) is 35.6 Å². The Kier molecular flexibility index (Phi) is 8.02. The first-order valence-electron chi connectivity index (χ1n) is 10.0. The second-order valence-corrected chi connectivity index (χ2v) is 8.33. The van der Waals surface area contributed by atoms with Crippen LogP contribution in [0.1, 0.15) is 10.4 Å². The van der Waals surface area contributed by atoms with Crippen LogP contribution in [0, 0.1) is 0 Å². The molecule has 0 spiro atoms. The Morgan fingerprint density at radius 1 is 1.14 bits per heavy atom. The van der Waals surface area contributed by atoms with Crippen LogP contribution in [0.15, 0.2) is 40.7 Å². The van der Waals surface area contributed by atoms with Crippen LogP contribution in [0.2, 0.25) is 0 Å². The van der Waals surface area contributed by atoms with Gasteiger partial charge in [0.25, 0.3) is 0 Å². The van der Waals surface area contributed by atoms with Crippen molar-refractivity contribution in [2.75, 3.05) is 57.8 Å². The molecule has 29 heavy (non-hydrogen) atoms. The summed E-state index contributed by atoms with van der Waals surface area (Å²) in [5.41, 5.74) is 2.42. The maximum absolute atomic E-state index is 10.1. The summed E-state index contributed by atoms with van der Waals surface area (Å²) in [5.74, 6) is 1.33. The van der Waals surface area contributed by atoms with E-state index in [0.29, 0.717) is 5.75 Å². The van der Waals surface area contributed by atoms with E-state index >= 15 is 0 Å². The van der Waals surface area contributed by atoms with E-state index in [4.69, 9.17) is 0 Å². The van der Waals surface area contributed by atoms with Crippen molar-refractivity contribution in [1.29, 1.82) is 0 Å². The van der Waals surface area contributed by atoms with Gasteiger partial charge in [0.15, 0.2) is 5.96 Å². The molecule has 1 fully saturated rings. The summed E-state index contributed by atoms with van der Waals surface area (Å²) < 4.78 is 0. The largest absolute Gasteiger partial charge is 0.506 e. The molecular weight excluding hydrogens is 497 g/mol. The van der Waals surface area contributed by atoms with Crippen molar-refractivity contribution in [3.8, 4) is 5.75 Å². The van der Waals surface area contributed by atoms with Crippen LogP contribution in [0.5, 0.6) is 5.75 Å². The maximum Gasteiger partial charge on any atom is 0.193 e. The second kappa shape index (κ2) is 10.5. The predicted molar refractivity (Wildman–Crippen MR) is 132 cm³/mol. The van der Waals surface area contributed by atoms with Gasteiger partial charge in [-0.1, -0.05) is 12.1 Å². The van der Waals surface area contributed by atoms with Gasteiger partial charge in [0.05, 0.1) is 5.69 Å². The van der Waals surface area contributed by atoms with Crippen LogP contribution in [-0.2, 0) is 13.0 Å². The van der Waals surface area contributed by atoms with Gasteiger partial charge in [-0.15, -0.1) is 35.3 Å². The number of fused-ring (bicyclic) bond motifs is 1. The van der Waals surface area contributed by atoms with E-state index in [9.17, 15) is 5.11 Å². The molecule has 0 saturated carbocycles. The van der Waals surface area contributed by atoms with Crippen LogP contribution in [-0.4, -0.2) is 73.7 Å². The smallest absolute Gasteiger partial charge is 0.193 e. The summed E-state index contributed by atoms with van der Waals surface area (Å²) in [6.07, 6.45) is 1.18. The quantitative estimate of drug-likeness (QED) is 0.364. The molecule has 0 aliphatic carbocycles. The number of aromatic hydroxyl groups is 1. The molecule has 1 aromatic carbocycles. The standard InChI is InChI=1S/C21H29N5OS.HI/c1-22-21(23-8-10-24-9-6-20-17(16-24)7-15-28-20)26-13-11-25(12-14-26)18-4-2-3-5-19(18)27;/h2-5,7,15,27H,6,8-14,16H2,1H3,(H,22,23);1H. The fraction of sp³-hybridized carbons (Fsp3) is 0.476. The SMILES string of the molecule is CN=C(NCCN1CCc2sccc2C1)N1CCN(c2ccccc2O)CC1.I. The zero-order chi connectivity index (χ0) is 19.3. The lowest BCUT2D eigenvalue weighted by molar-refractivity contribution is 0.258. The lowest BCUT2D eigenvalue weighted by Crippen LogP contribution is -2.53. The Morgan fingerprint density at radius 3 is 2.69 bits per heavy atom. The summed E-state index contributed by atoms with van der Waals surface area (Å²) in [5, 5.41) is 15.8. The zero-order valence-electron chi connectivity index (χ0n) is 16.9. The topological polar surface area (TPSA) is 54.3 Å². The molecule has 2 aliphatic rings. The molecule has 158 valence electrons. The molecule has 2 aliphatic heterocycles. The molecule has 2 aromatic rings. The number of nitrogens with one attached hydrogen (secondary N) is 1. The Bertz CT molecular complexity index is 819. The number of aliphatic imine (C=N–C) groups is 1. The van der Waals surface area contributed by atoms with Crippen molar-refractivity contribution in [1.82, 2.24) is 15.1 Å². The predicted octanol–water partition coefficient (Wildman–Crippen LogP) is 2.83. The van der Waals surface area contributed by atoms with Gasteiger partial charge in [-0.2, -0.15) is 0 Å². The van der Waals surface area contributed by atoms with E-state index in [2.05, 4.69) is 36.5 Å². The van der Waals surface area contributed by atoms with Crippen molar-refractivity contribution in [2.24, 2.45) is 4.99 Å². The number of thiophene rings is 1. The van der Waals surface area contributed by atoms with Crippen LogP contribution < -0.4 is 10.2 Å². The number of hydrogen-bond donors (Lipinski definition) is 2. The molecule has 4 rings (SSSR count). The lowest BCUT2D eigenvalue weighted by Gasteiger charge is -2.38. The lowest BCUT2D eigenvalue weighted by atomic mass is 10.1. The molecule has 0 unspecified atom stereocenters. The van der Waals surface area contributed by atoms with Crippen molar-refractivity contribution >= 4 is 47.0 Å². The fourth-order valence-corrected chi connectivity index (χ4v) is 4.94. The molecule has 3 heterocycles. The average Bonchev–Trinajstić information content (AvgIpc) is 3.20. The minimum absolute atomic E-state index is 0. The Morgan fingerprint density at radius 2 is 1.93 bits per heavy atom. The number of hydrogen-bond acceptors (Lipinski definition) is 5. The minimum Gasteiger partial charge on any atom is -0.506 e. The van der Waals surface area contributed by atoms with Gasteiger partial charge in [0, 0.05) is 64.3 Å². The van der Waals surface area contributed by atoms with Crippen molar-refractivity contribution < 1.29 is 5.11 Å². The third-order valence-corrected chi connectivity index (χ3v) is 6.63. The number of nitrogens with zero attached hydrogens (tertiary/aromatic N) is 4. The number of halogens is 1. The Hall–Kier alpha value is -1.52. The van der Waals surface area contributed by atoms with E-state index in [1.807, 2.05) is 36.6 Å². The second-order valence-electron chi connectivity index (χ2n) is 7.33.